The number of aromatic nitrogens is 2. The lowest BCUT2D eigenvalue weighted by Crippen LogP contribution is -2.37. The molecule has 0 aliphatic carbocycles. The van der Waals surface area contributed by atoms with Crippen molar-refractivity contribution in [2.45, 2.75) is 13.3 Å². The van der Waals surface area contributed by atoms with Gasteiger partial charge in [0.2, 0.25) is 0 Å². The largest absolute Gasteiger partial charge is 0.453 e. The second-order valence-corrected chi connectivity index (χ2v) is 7.47. The quantitative estimate of drug-likeness (QED) is 0.636. The van der Waals surface area contributed by atoms with Crippen molar-refractivity contribution in [3.05, 3.63) is 70.3 Å². The van der Waals surface area contributed by atoms with E-state index in [1.165, 1.54) is 7.11 Å². The number of carbonyl (C=O) groups is 2. The summed E-state index contributed by atoms with van der Waals surface area (Å²) in [5.41, 5.74) is 1.72. The van der Waals surface area contributed by atoms with E-state index in [0.717, 1.165) is 0 Å². The first-order chi connectivity index (χ1) is 15.0. The third kappa shape index (κ3) is 4.01. The van der Waals surface area contributed by atoms with E-state index in [4.69, 9.17) is 4.74 Å². The van der Waals surface area contributed by atoms with Gasteiger partial charge in [-0.3, -0.25) is 14.2 Å². The first-order valence-electron chi connectivity index (χ1n) is 10.2. The van der Waals surface area contributed by atoms with Gasteiger partial charge in [-0.2, -0.15) is 0 Å². The fourth-order valence-corrected chi connectivity index (χ4v) is 3.92. The highest BCUT2D eigenvalue weighted by atomic mass is 16.5. The molecule has 160 valence electrons. The van der Waals surface area contributed by atoms with Gasteiger partial charge in [0.25, 0.3) is 11.5 Å². The average Bonchev–Trinajstić information content (AvgIpc) is 3.05. The molecule has 1 fully saturated rings. The first-order valence-corrected chi connectivity index (χ1v) is 10.2. The van der Waals surface area contributed by atoms with Gasteiger partial charge in [0.15, 0.2) is 0 Å². The van der Waals surface area contributed by atoms with Crippen LogP contribution in [0.4, 0.5) is 4.79 Å². The van der Waals surface area contributed by atoms with Crippen LogP contribution in [0.15, 0.2) is 53.3 Å². The van der Waals surface area contributed by atoms with Crippen molar-refractivity contribution in [2.24, 2.45) is 0 Å². The second kappa shape index (κ2) is 8.59. The van der Waals surface area contributed by atoms with Crippen molar-refractivity contribution in [1.82, 2.24) is 19.4 Å². The SMILES string of the molecule is COC(=O)N1CCCN(C(=O)c2ccc(-n3c(C)nc4ccccc4c3=O)cc2)CC1. The highest BCUT2D eigenvalue weighted by molar-refractivity contribution is 5.94. The number of fused-ring (bicyclic) bond motifs is 1. The third-order valence-electron chi connectivity index (χ3n) is 5.53. The maximum absolute atomic E-state index is 13.0. The maximum atomic E-state index is 13.0. The summed E-state index contributed by atoms with van der Waals surface area (Å²) >= 11 is 0. The topological polar surface area (TPSA) is 84.7 Å². The molecule has 4 rings (SSSR count). The van der Waals surface area contributed by atoms with E-state index < -0.39 is 0 Å². The third-order valence-corrected chi connectivity index (χ3v) is 5.53. The van der Waals surface area contributed by atoms with E-state index in [-0.39, 0.29) is 17.6 Å². The van der Waals surface area contributed by atoms with Crippen LogP contribution in [0.1, 0.15) is 22.6 Å². The molecule has 8 heteroatoms. The summed E-state index contributed by atoms with van der Waals surface area (Å²) in [6, 6.07) is 14.2. The van der Waals surface area contributed by atoms with Crippen LogP contribution in [-0.4, -0.2) is 64.6 Å². The number of amides is 2. The number of ether oxygens (including phenoxy) is 1. The highest BCUT2D eigenvalue weighted by Crippen LogP contribution is 2.15. The van der Waals surface area contributed by atoms with Crippen LogP contribution >= 0.6 is 0 Å². The minimum Gasteiger partial charge on any atom is -0.453 e. The number of para-hydroxylation sites is 1. The fourth-order valence-electron chi connectivity index (χ4n) is 3.92. The molecule has 2 aromatic carbocycles. The molecule has 1 aliphatic rings. The summed E-state index contributed by atoms with van der Waals surface area (Å²) < 4.78 is 6.33. The zero-order valence-corrected chi connectivity index (χ0v) is 17.6. The van der Waals surface area contributed by atoms with Crippen molar-refractivity contribution in [2.75, 3.05) is 33.3 Å². The van der Waals surface area contributed by atoms with Crippen LogP contribution in [0.5, 0.6) is 0 Å². The molecule has 0 atom stereocenters. The lowest BCUT2D eigenvalue weighted by Gasteiger charge is -2.21. The van der Waals surface area contributed by atoms with Crippen LogP contribution in [0.25, 0.3) is 16.6 Å². The Morgan fingerprint density at radius 3 is 2.35 bits per heavy atom. The Labute approximate surface area is 179 Å². The Bertz CT molecular complexity index is 1190. The fraction of sp³-hybridized carbons (Fsp3) is 0.304. The maximum Gasteiger partial charge on any atom is 0.409 e. The van der Waals surface area contributed by atoms with E-state index in [9.17, 15) is 14.4 Å². The molecule has 3 aromatic rings. The van der Waals surface area contributed by atoms with E-state index in [0.29, 0.717) is 60.6 Å². The van der Waals surface area contributed by atoms with Crippen LogP contribution in [0.3, 0.4) is 0 Å². The number of aryl methyl sites for hydroxylation is 1. The molecule has 0 spiro atoms. The van der Waals surface area contributed by atoms with Crippen LogP contribution in [0.2, 0.25) is 0 Å². The van der Waals surface area contributed by atoms with Crippen molar-refractivity contribution >= 4 is 22.9 Å². The van der Waals surface area contributed by atoms with Crippen molar-refractivity contribution in [3.8, 4) is 5.69 Å². The summed E-state index contributed by atoms with van der Waals surface area (Å²) in [6.45, 7) is 3.81. The Balaban J connectivity index is 1.56. The number of nitrogens with zero attached hydrogens (tertiary/aromatic N) is 4. The number of carbonyl (C=O) groups excluding carboxylic acids is 2. The molecule has 31 heavy (non-hydrogen) atoms. The van der Waals surface area contributed by atoms with E-state index in [1.807, 2.05) is 18.2 Å². The van der Waals surface area contributed by atoms with Gasteiger partial charge in [-0.25, -0.2) is 9.78 Å². The van der Waals surface area contributed by atoms with E-state index in [2.05, 4.69) is 4.98 Å². The molecule has 0 bridgehead atoms. The summed E-state index contributed by atoms with van der Waals surface area (Å²) in [5, 5.41) is 0.549. The highest BCUT2D eigenvalue weighted by Gasteiger charge is 2.23. The Morgan fingerprint density at radius 1 is 0.935 bits per heavy atom. The van der Waals surface area contributed by atoms with Gasteiger partial charge in [-0.1, -0.05) is 12.1 Å². The van der Waals surface area contributed by atoms with Gasteiger partial charge in [-0.15, -0.1) is 0 Å². The minimum absolute atomic E-state index is 0.0982. The normalized spacial score (nSPS) is 14.4. The van der Waals surface area contributed by atoms with Crippen molar-refractivity contribution in [1.29, 1.82) is 0 Å². The standard InChI is InChI=1S/C23H24N4O4/c1-16-24-20-7-4-3-6-19(20)22(29)27(16)18-10-8-17(9-11-18)21(28)25-12-5-13-26(15-14-25)23(30)31-2/h3-4,6-11H,5,12-15H2,1-2H3. The molecular formula is C23H24N4O4. The Kier molecular flexibility index (Phi) is 5.70. The predicted molar refractivity (Wildman–Crippen MR) is 117 cm³/mol. The predicted octanol–water partition coefficient (Wildman–Crippen LogP) is 2.61. The lowest BCUT2D eigenvalue weighted by atomic mass is 10.1. The van der Waals surface area contributed by atoms with E-state index in [1.54, 1.807) is 51.6 Å². The van der Waals surface area contributed by atoms with Crippen molar-refractivity contribution in [3.63, 3.8) is 0 Å². The van der Waals surface area contributed by atoms with E-state index >= 15 is 0 Å². The molecule has 2 amide bonds. The minimum atomic E-state index is -0.372. The van der Waals surface area contributed by atoms with Gasteiger partial charge >= 0.3 is 6.09 Å². The summed E-state index contributed by atoms with van der Waals surface area (Å²) in [4.78, 5) is 45.6. The lowest BCUT2D eigenvalue weighted by molar-refractivity contribution is 0.0757. The summed E-state index contributed by atoms with van der Waals surface area (Å²) in [5.74, 6) is 0.483. The summed E-state index contributed by atoms with van der Waals surface area (Å²) in [6.07, 6.45) is 0.319. The molecule has 0 N–H and O–H groups in total. The molecule has 1 aliphatic heterocycles. The average molecular weight is 420 g/mol. The summed E-state index contributed by atoms with van der Waals surface area (Å²) in [7, 11) is 1.36. The van der Waals surface area contributed by atoms with Crippen molar-refractivity contribution < 1.29 is 14.3 Å². The van der Waals surface area contributed by atoms with Gasteiger partial charge in [0.1, 0.15) is 5.82 Å². The van der Waals surface area contributed by atoms with Gasteiger partial charge in [0.05, 0.1) is 23.7 Å². The van der Waals surface area contributed by atoms with Gasteiger partial charge in [-0.05, 0) is 49.7 Å². The first kappa shape index (κ1) is 20.6. The molecule has 0 unspecified atom stereocenters. The number of hydrogen-bond acceptors (Lipinski definition) is 5. The molecule has 8 nitrogen and oxygen atoms in total. The van der Waals surface area contributed by atoms with Crippen LogP contribution in [-0.2, 0) is 4.74 Å². The molecular weight excluding hydrogens is 396 g/mol. The molecule has 1 aromatic heterocycles. The zero-order valence-electron chi connectivity index (χ0n) is 17.6. The van der Waals surface area contributed by atoms with Gasteiger partial charge < -0.3 is 14.5 Å². The smallest absolute Gasteiger partial charge is 0.409 e. The Hall–Kier alpha value is -3.68. The molecule has 0 radical (unpaired) electrons. The zero-order chi connectivity index (χ0) is 22.0. The number of benzene rings is 2. The number of methoxy groups -OCH3 is 1. The molecule has 0 saturated carbocycles. The Morgan fingerprint density at radius 2 is 1.61 bits per heavy atom. The number of hydrogen-bond donors (Lipinski definition) is 0. The second-order valence-electron chi connectivity index (χ2n) is 7.47. The van der Waals surface area contributed by atoms with Crippen LogP contribution < -0.4 is 5.56 Å². The molecule has 2 heterocycles. The van der Waals surface area contributed by atoms with Crippen LogP contribution in [0, 0.1) is 6.92 Å². The van der Waals surface area contributed by atoms with Gasteiger partial charge in [0, 0.05) is 31.7 Å². The monoisotopic (exact) mass is 420 g/mol. The number of rotatable bonds is 2. The molecule has 1 saturated heterocycles.